The summed E-state index contributed by atoms with van der Waals surface area (Å²) < 4.78 is 7.23. The molecule has 0 radical (unpaired) electrons. The molecule has 1 fully saturated rings. The van der Waals surface area contributed by atoms with Crippen LogP contribution in [-0.4, -0.2) is 72.1 Å². The van der Waals surface area contributed by atoms with Gasteiger partial charge in [0.05, 0.1) is 12.8 Å². The lowest BCUT2D eigenvalue weighted by Crippen LogP contribution is -2.57. The van der Waals surface area contributed by atoms with Crippen LogP contribution in [0, 0.1) is 11.7 Å². The number of aliphatic hydroxyl groups is 4. The minimum absolute atomic E-state index is 0.0239. The van der Waals surface area contributed by atoms with Gasteiger partial charge in [-0.15, -0.1) is 0 Å². The average Bonchev–Trinajstić information content (AvgIpc) is 2.70. The Morgan fingerprint density at radius 2 is 1.89 bits per heavy atom. The van der Waals surface area contributed by atoms with E-state index in [2.05, 4.69) is 10.2 Å². The van der Waals surface area contributed by atoms with Gasteiger partial charge in [0.15, 0.2) is 6.23 Å². The molecule has 0 bridgehead atoms. The highest BCUT2D eigenvalue weighted by molar-refractivity contribution is 7.71. The van der Waals surface area contributed by atoms with Crippen LogP contribution in [0.5, 0.6) is 0 Å². The Hall–Kier alpha value is -2.28. The van der Waals surface area contributed by atoms with E-state index in [9.17, 15) is 25.2 Å². The van der Waals surface area contributed by atoms with E-state index in [0.29, 0.717) is 0 Å². The van der Waals surface area contributed by atoms with Crippen molar-refractivity contribution in [3.8, 4) is 0 Å². The fraction of sp³-hybridized carbons (Fsp3) is 0.412. The molecular weight excluding hydrogens is 388 g/mol. The van der Waals surface area contributed by atoms with Gasteiger partial charge in [0.1, 0.15) is 30.1 Å². The van der Waals surface area contributed by atoms with Crippen molar-refractivity contribution in [2.24, 2.45) is 5.10 Å². The largest absolute Gasteiger partial charge is 0.394 e. The van der Waals surface area contributed by atoms with Crippen molar-refractivity contribution in [2.45, 2.75) is 37.6 Å². The van der Waals surface area contributed by atoms with Crippen molar-refractivity contribution in [3.63, 3.8) is 0 Å². The molecule has 1 saturated heterocycles. The summed E-state index contributed by atoms with van der Waals surface area (Å²) >= 11 is 5.28. The first-order chi connectivity index (χ1) is 13.3. The number of aryl methyl sites for hydroxylation is 1. The number of benzene rings is 1. The second-order valence-electron chi connectivity index (χ2n) is 6.30. The van der Waals surface area contributed by atoms with E-state index in [-0.39, 0.29) is 10.5 Å². The van der Waals surface area contributed by atoms with Crippen LogP contribution in [0.3, 0.4) is 0 Å². The van der Waals surface area contributed by atoms with E-state index in [1.54, 1.807) is 12.1 Å². The monoisotopic (exact) mass is 408 g/mol. The third-order valence-corrected chi connectivity index (χ3v) is 4.73. The third kappa shape index (κ3) is 3.81. The molecule has 28 heavy (non-hydrogen) atoms. The lowest BCUT2D eigenvalue weighted by molar-refractivity contribution is -0.254. The van der Waals surface area contributed by atoms with E-state index in [4.69, 9.17) is 17.0 Å². The summed E-state index contributed by atoms with van der Waals surface area (Å²) in [5.41, 5.74) is 0.200. The van der Waals surface area contributed by atoms with Gasteiger partial charge in [0.25, 0.3) is 5.56 Å². The normalized spacial score (nSPS) is 28.0. The Balaban J connectivity index is 2.05. The Morgan fingerprint density at radius 1 is 1.21 bits per heavy atom. The molecule has 0 aliphatic carbocycles. The van der Waals surface area contributed by atoms with E-state index in [1.807, 2.05) is 18.2 Å². The molecule has 2 aromatic rings. The van der Waals surface area contributed by atoms with Crippen molar-refractivity contribution >= 4 is 18.4 Å². The zero-order valence-corrected chi connectivity index (χ0v) is 15.7. The van der Waals surface area contributed by atoms with Gasteiger partial charge in [-0.1, -0.05) is 30.3 Å². The minimum Gasteiger partial charge on any atom is -0.394 e. The number of rotatable bonds is 4. The minimum atomic E-state index is -1.60. The summed E-state index contributed by atoms with van der Waals surface area (Å²) in [6.07, 6.45) is -5.75. The molecule has 1 aromatic heterocycles. The molecule has 150 valence electrons. The molecular formula is C17H20N4O6S. The van der Waals surface area contributed by atoms with Crippen LogP contribution in [0.25, 0.3) is 0 Å². The predicted octanol–water partition coefficient (Wildman–Crippen LogP) is -1.06. The molecule has 1 aliphatic heterocycles. The Labute approximate surface area is 164 Å². The summed E-state index contributed by atoms with van der Waals surface area (Å²) in [7, 11) is 0. The molecule has 0 spiro atoms. The summed E-state index contributed by atoms with van der Waals surface area (Å²) in [6, 6.07) is 9.04. The van der Waals surface area contributed by atoms with E-state index in [0.717, 1.165) is 14.9 Å². The molecule has 5 atom stereocenters. The van der Waals surface area contributed by atoms with Gasteiger partial charge in [0, 0.05) is 0 Å². The van der Waals surface area contributed by atoms with Gasteiger partial charge in [-0.25, -0.2) is 4.68 Å². The maximum absolute atomic E-state index is 12.4. The number of hydrogen-bond donors (Lipinski definition) is 4. The first-order valence-electron chi connectivity index (χ1n) is 8.47. The van der Waals surface area contributed by atoms with Crippen molar-refractivity contribution in [1.29, 1.82) is 0 Å². The van der Waals surface area contributed by atoms with Crippen LogP contribution in [-0.2, 0) is 4.74 Å². The number of ether oxygens (including phenoxy) is 1. The molecule has 0 amide bonds. The third-order valence-electron chi connectivity index (χ3n) is 4.37. The Morgan fingerprint density at radius 3 is 2.54 bits per heavy atom. The summed E-state index contributed by atoms with van der Waals surface area (Å²) in [5, 5.41) is 47.7. The molecule has 2 heterocycles. The number of aliphatic hydroxyl groups excluding tert-OH is 4. The van der Waals surface area contributed by atoms with Crippen molar-refractivity contribution < 1.29 is 25.2 Å². The quantitative estimate of drug-likeness (QED) is 0.370. The molecule has 4 N–H and O–H groups in total. The van der Waals surface area contributed by atoms with Crippen molar-refractivity contribution in [1.82, 2.24) is 14.5 Å². The van der Waals surface area contributed by atoms with Gasteiger partial charge < -0.3 is 25.2 Å². The SMILES string of the molecule is Cc1nn([C@H]2O[C@H](CO)[C@@H](O)[C@H](O)[C@H]2O)c(=S)n(/N=C/c2ccccc2)c1=O. The second kappa shape index (κ2) is 8.39. The van der Waals surface area contributed by atoms with Gasteiger partial charge in [0.2, 0.25) is 4.77 Å². The highest BCUT2D eigenvalue weighted by atomic mass is 32.1. The Bertz CT molecular complexity index is 974. The first-order valence-corrected chi connectivity index (χ1v) is 8.88. The fourth-order valence-electron chi connectivity index (χ4n) is 2.80. The van der Waals surface area contributed by atoms with Gasteiger partial charge >= 0.3 is 0 Å². The van der Waals surface area contributed by atoms with Crippen LogP contribution < -0.4 is 5.56 Å². The van der Waals surface area contributed by atoms with Gasteiger partial charge in [-0.2, -0.15) is 14.9 Å². The van der Waals surface area contributed by atoms with Crippen LogP contribution in [0.15, 0.2) is 40.2 Å². The summed E-state index contributed by atoms with van der Waals surface area (Å²) in [6.45, 7) is 0.839. The molecule has 10 nitrogen and oxygen atoms in total. The zero-order chi connectivity index (χ0) is 20.4. The zero-order valence-electron chi connectivity index (χ0n) is 14.9. The van der Waals surface area contributed by atoms with Crippen molar-refractivity contribution in [2.75, 3.05) is 6.61 Å². The van der Waals surface area contributed by atoms with Crippen LogP contribution in [0.4, 0.5) is 0 Å². The second-order valence-corrected chi connectivity index (χ2v) is 6.67. The predicted molar refractivity (Wildman–Crippen MR) is 101 cm³/mol. The topological polar surface area (TPSA) is 142 Å². The lowest BCUT2D eigenvalue weighted by atomic mass is 9.98. The van der Waals surface area contributed by atoms with Crippen molar-refractivity contribution in [3.05, 3.63) is 56.7 Å². The van der Waals surface area contributed by atoms with Crippen LogP contribution >= 0.6 is 12.2 Å². The first kappa shape index (κ1) is 20.5. The molecule has 1 aliphatic rings. The average molecular weight is 408 g/mol. The highest BCUT2D eigenvalue weighted by Gasteiger charge is 2.45. The van der Waals surface area contributed by atoms with E-state index in [1.165, 1.54) is 13.1 Å². The van der Waals surface area contributed by atoms with Gasteiger partial charge in [-0.05, 0) is 24.7 Å². The smallest absolute Gasteiger partial charge is 0.296 e. The van der Waals surface area contributed by atoms with Gasteiger partial charge in [-0.3, -0.25) is 4.79 Å². The summed E-state index contributed by atoms with van der Waals surface area (Å²) in [5.74, 6) is 0. The Kier molecular flexibility index (Phi) is 6.13. The molecule has 0 unspecified atom stereocenters. The van der Waals surface area contributed by atoms with E-state index < -0.39 is 42.8 Å². The van der Waals surface area contributed by atoms with Crippen LogP contribution in [0.2, 0.25) is 0 Å². The highest BCUT2D eigenvalue weighted by Crippen LogP contribution is 2.27. The molecule has 0 saturated carbocycles. The maximum Gasteiger partial charge on any atom is 0.296 e. The maximum atomic E-state index is 12.4. The molecule has 1 aromatic carbocycles. The number of hydrogen-bond acceptors (Lipinski definition) is 9. The molecule has 11 heteroatoms. The van der Waals surface area contributed by atoms with Crippen LogP contribution in [0.1, 0.15) is 17.5 Å². The standard InChI is InChI=1S/C17H20N4O6S/c1-9-15(26)20(18-7-10-5-3-2-4-6-10)17(28)21(19-9)16-14(25)13(24)12(23)11(8-22)27-16/h2-7,11-14,16,22-25H,8H2,1H3/b18-7+/t11-,12-,13+,14-,16+/m1/s1. The number of nitrogens with zero attached hydrogens (tertiary/aromatic N) is 4. The summed E-state index contributed by atoms with van der Waals surface area (Å²) in [4.78, 5) is 12.4. The van der Waals surface area contributed by atoms with E-state index >= 15 is 0 Å². The fourth-order valence-corrected chi connectivity index (χ4v) is 3.07. The lowest BCUT2D eigenvalue weighted by Gasteiger charge is -2.40. The number of aromatic nitrogens is 3. The molecule has 3 rings (SSSR count).